The average Bonchev–Trinajstić information content (AvgIpc) is 2.33. The lowest BCUT2D eigenvalue weighted by Crippen LogP contribution is -2.06. The first kappa shape index (κ1) is 10.1. The molecule has 1 aromatic carbocycles. The second-order valence-electron chi connectivity index (χ2n) is 3.06. The van der Waals surface area contributed by atoms with Gasteiger partial charge in [0.1, 0.15) is 5.36 Å². The van der Waals surface area contributed by atoms with E-state index in [1.54, 1.807) is 12.3 Å². The number of hydrogen-bond donors (Lipinski definition) is 1. The molecule has 1 aromatic heterocycles. The molecule has 0 fully saturated rings. The van der Waals surface area contributed by atoms with Crippen LogP contribution in [0.15, 0.2) is 59.0 Å². The highest BCUT2D eigenvalue weighted by Gasteiger charge is 1.83. The van der Waals surface area contributed by atoms with Gasteiger partial charge in [0, 0.05) is 0 Å². The fourth-order valence-electron chi connectivity index (χ4n) is 1.10. The molecule has 0 aliphatic heterocycles. The van der Waals surface area contributed by atoms with Gasteiger partial charge in [0.05, 0.1) is 18.6 Å². The lowest BCUT2D eigenvalue weighted by Gasteiger charge is -1.90. The quantitative estimate of drug-likeness (QED) is 0.461. The average molecular weight is 214 g/mol. The Morgan fingerprint density at radius 3 is 2.69 bits per heavy atom. The van der Waals surface area contributed by atoms with Crippen molar-refractivity contribution in [3.63, 3.8) is 0 Å². The van der Waals surface area contributed by atoms with Gasteiger partial charge in [-0.25, -0.2) is 0 Å². The maximum absolute atomic E-state index is 8.89. The van der Waals surface area contributed by atoms with Crippen molar-refractivity contribution < 1.29 is 5.21 Å². The number of hydrogen-bond acceptors (Lipinski definition) is 4. The first-order valence-corrected chi connectivity index (χ1v) is 4.71. The minimum Gasteiger partial charge on any atom is -0.412 e. The van der Waals surface area contributed by atoms with E-state index < -0.39 is 0 Å². The molecular formula is C11H10N4O. The molecule has 1 N–H and O–H groups in total. The molecular weight excluding hydrogens is 204 g/mol. The largest absolute Gasteiger partial charge is 0.412 e. The highest BCUT2D eigenvalue weighted by molar-refractivity contribution is 5.79. The van der Waals surface area contributed by atoms with Gasteiger partial charge in [-0.2, -0.15) is 5.10 Å². The maximum Gasteiger partial charge on any atom is 0.107 e. The second-order valence-corrected chi connectivity index (χ2v) is 3.06. The van der Waals surface area contributed by atoms with Crippen LogP contribution in [0, 0.1) is 0 Å². The lowest BCUT2D eigenvalue weighted by atomic mass is 10.2. The summed E-state index contributed by atoms with van der Waals surface area (Å²) < 4.78 is 0. The Labute approximate surface area is 92.0 Å². The van der Waals surface area contributed by atoms with Crippen LogP contribution in [0.1, 0.15) is 5.56 Å². The lowest BCUT2D eigenvalue weighted by molar-refractivity contribution is 0.143. The van der Waals surface area contributed by atoms with Crippen molar-refractivity contribution in [2.75, 3.05) is 0 Å². The summed E-state index contributed by atoms with van der Waals surface area (Å²) in [6.07, 6.45) is 4.46. The van der Waals surface area contributed by atoms with Gasteiger partial charge in [-0.3, -0.25) is 0 Å². The van der Waals surface area contributed by atoms with E-state index in [0.717, 1.165) is 5.56 Å². The number of aromatic nitrogens is 2. The SMILES string of the molecule is On1cc/c(=N/N=C/c2ccccc2)cn1. The van der Waals surface area contributed by atoms with E-state index >= 15 is 0 Å². The summed E-state index contributed by atoms with van der Waals surface area (Å²) in [5.41, 5.74) is 0.979. The van der Waals surface area contributed by atoms with Crippen LogP contribution in [0.5, 0.6) is 0 Å². The summed E-state index contributed by atoms with van der Waals surface area (Å²) in [6, 6.07) is 11.3. The van der Waals surface area contributed by atoms with Crippen LogP contribution in [-0.4, -0.2) is 21.4 Å². The minimum atomic E-state index is 0.581. The fraction of sp³-hybridized carbons (Fsp3) is 0. The summed E-state index contributed by atoms with van der Waals surface area (Å²) in [6.45, 7) is 0. The molecule has 2 rings (SSSR count). The van der Waals surface area contributed by atoms with E-state index in [-0.39, 0.29) is 0 Å². The van der Waals surface area contributed by atoms with Crippen molar-refractivity contribution in [1.82, 2.24) is 9.94 Å². The van der Waals surface area contributed by atoms with Gasteiger partial charge in [0.15, 0.2) is 0 Å². The Hall–Kier alpha value is -2.43. The summed E-state index contributed by atoms with van der Waals surface area (Å²) >= 11 is 0. The molecule has 0 spiro atoms. The van der Waals surface area contributed by atoms with Crippen LogP contribution in [-0.2, 0) is 0 Å². The second kappa shape index (κ2) is 4.88. The van der Waals surface area contributed by atoms with Gasteiger partial charge in [-0.05, 0) is 11.6 Å². The third-order valence-electron chi connectivity index (χ3n) is 1.87. The predicted molar refractivity (Wildman–Crippen MR) is 59.0 cm³/mol. The molecule has 80 valence electrons. The van der Waals surface area contributed by atoms with Gasteiger partial charge in [0.25, 0.3) is 0 Å². The Morgan fingerprint density at radius 1 is 1.19 bits per heavy atom. The Bertz CT molecular complexity index is 525. The molecule has 0 saturated carbocycles. The van der Waals surface area contributed by atoms with Crippen LogP contribution in [0.25, 0.3) is 0 Å². The van der Waals surface area contributed by atoms with Crippen molar-refractivity contribution in [1.29, 1.82) is 0 Å². The van der Waals surface area contributed by atoms with E-state index in [4.69, 9.17) is 5.21 Å². The fourth-order valence-corrected chi connectivity index (χ4v) is 1.10. The highest BCUT2D eigenvalue weighted by atomic mass is 16.5. The molecule has 16 heavy (non-hydrogen) atoms. The zero-order chi connectivity index (χ0) is 11.2. The van der Waals surface area contributed by atoms with E-state index in [2.05, 4.69) is 15.3 Å². The van der Waals surface area contributed by atoms with Crippen LogP contribution in [0.2, 0.25) is 0 Å². The monoisotopic (exact) mass is 214 g/mol. The van der Waals surface area contributed by atoms with Gasteiger partial charge in [-0.15, -0.1) is 15.0 Å². The van der Waals surface area contributed by atoms with Crippen LogP contribution >= 0.6 is 0 Å². The third-order valence-corrected chi connectivity index (χ3v) is 1.87. The van der Waals surface area contributed by atoms with E-state index in [0.29, 0.717) is 10.2 Å². The predicted octanol–water partition coefficient (Wildman–Crippen LogP) is 1.06. The Balaban J connectivity index is 2.15. The molecule has 0 radical (unpaired) electrons. The summed E-state index contributed by atoms with van der Waals surface area (Å²) in [4.78, 5) is 0.708. The number of benzene rings is 1. The van der Waals surface area contributed by atoms with Gasteiger partial charge in [-0.1, -0.05) is 30.3 Å². The maximum atomic E-state index is 8.89. The van der Waals surface area contributed by atoms with E-state index in [1.807, 2.05) is 30.3 Å². The number of nitrogens with zero attached hydrogens (tertiary/aromatic N) is 4. The van der Waals surface area contributed by atoms with Gasteiger partial charge < -0.3 is 5.21 Å². The topological polar surface area (TPSA) is 62.8 Å². The summed E-state index contributed by atoms with van der Waals surface area (Å²) in [5.74, 6) is 0. The molecule has 1 heterocycles. The van der Waals surface area contributed by atoms with Gasteiger partial charge >= 0.3 is 0 Å². The summed E-state index contributed by atoms with van der Waals surface area (Å²) in [5, 5.41) is 20.9. The molecule has 0 saturated heterocycles. The van der Waals surface area contributed by atoms with Crippen molar-refractivity contribution in [2.45, 2.75) is 0 Å². The Morgan fingerprint density at radius 2 is 2.00 bits per heavy atom. The minimum absolute atomic E-state index is 0.581. The standard InChI is InChI=1S/C11H10N4O/c16-15-7-6-11(9-13-15)14-12-8-10-4-2-1-3-5-10/h1-9,16H/b12-8+,14-11-. The Kier molecular flexibility index (Phi) is 3.08. The molecule has 2 aromatic rings. The molecule has 0 unspecified atom stereocenters. The first-order chi connectivity index (χ1) is 7.84. The molecule has 0 bridgehead atoms. The molecule has 5 heteroatoms. The molecule has 0 atom stereocenters. The molecule has 0 aliphatic carbocycles. The van der Waals surface area contributed by atoms with Gasteiger partial charge in [0.2, 0.25) is 0 Å². The first-order valence-electron chi connectivity index (χ1n) is 4.71. The summed E-state index contributed by atoms with van der Waals surface area (Å²) in [7, 11) is 0. The normalized spacial score (nSPS) is 12.1. The molecule has 5 nitrogen and oxygen atoms in total. The van der Waals surface area contributed by atoms with E-state index in [9.17, 15) is 0 Å². The van der Waals surface area contributed by atoms with Crippen molar-refractivity contribution >= 4 is 6.21 Å². The van der Waals surface area contributed by atoms with E-state index in [1.165, 1.54) is 12.4 Å². The van der Waals surface area contributed by atoms with Crippen LogP contribution < -0.4 is 5.36 Å². The zero-order valence-corrected chi connectivity index (χ0v) is 8.43. The van der Waals surface area contributed by atoms with Crippen LogP contribution in [0.3, 0.4) is 0 Å². The highest BCUT2D eigenvalue weighted by Crippen LogP contribution is 1.93. The molecule has 0 amide bonds. The van der Waals surface area contributed by atoms with Crippen molar-refractivity contribution in [2.24, 2.45) is 10.2 Å². The zero-order valence-electron chi connectivity index (χ0n) is 8.43. The molecule has 0 aliphatic rings. The van der Waals surface area contributed by atoms with Crippen LogP contribution in [0.4, 0.5) is 0 Å². The van der Waals surface area contributed by atoms with Crippen molar-refractivity contribution in [3.05, 3.63) is 59.7 Å². The van der Waals surface area contributed by atoms with Crippen molar-refractivity contribution in [3.8, 4) is 0 Å². The third kappa shape index (κ3) is 2.78. The smallest absolute Gasteiger partial charge is 0.107 e. The number of rotatable bonds is 2.